The first-order valence-electron chi connectivity index (χ1n) is 11.5. The lowest BCUT2D eigenvalue weighted by Gasteiger charge is -2.18. The molecule has 0 atom stereocenters. The minimum Gasteiger partial charge on any atom is -0.493 e. The first kappa shape index (κ1) is 23.8. The van der Waals surface area contributed by atoms with Gasteiger partial charge in [0.25, 0.3) is 0 Å². The van der Waals surface area contributed by atoms with Crippen molar-refractivity contribution < 1.29 is 9.47 Å². The molecule has 5 nitrogen and oxygen atoms in total. The second kappa shape index (κ2) is 9.90. The fourth-order valence-electron chi connectivity index (χ4n) is 4.62. The topological polar surface area (TPSA) is 81.2 Å². The van der Waals surface area contributed by atoms with Crippen LogP contribution in [-0.4, -0.2) is 12.1 Å². The fraction of sp³-hybridized carbons (Fsp3) is 0.200. The van der Waals surface area contributed by atoms with Crippen LogP contribution < -0.4 is 15.2 Å². The lowest BCUT2D eigenvalue weighted by atomic mass is 9.90. The molecular weight excluding hydrogens is 434 g/mol. The Balaban J connectivity index is 1.79. The van der Waals surface area contributed by atoms with Crippen molar-refractivity contribution in [2.75, 3.05) is 12.8 Å². The number of aryl methyl sites for hydroxylation is 4. The van der Waals surface area contributed by atoms with Gasteiger partial charge in [-0.3, -0.25) is 0 Å². The van der Waals surface area contributed by atoms with Crippen LogP contribution in [0.1, 0.15) is 33.5 Å². The molecule has 3 aromatic carbocycles. The van der Waals surface area contributed by atoms with Crippen molar-refractivity contribution in [1.82, 2.24) is 4.98 Å². The summed E-state index contributed by atoms with van der Waals surface area (Å²) in [4.78, 5) is 4.45. The van der Waals surface area contributed by atoms with Crippen molar-refractivity contribution >= 4 is 5.82 Å². The lowest BCUT2D eigenvalue weighted by Crippen LogP contribution is -2.04. The van der Waals surface area contributed by atoms with Crippen LogP contribution in [0.2, 0.25) is 0 Å². The molecule has 0 aliphatic carbocycles. The summed E-state index contributed by atoms with van der Waals surface area (Å²) in [7, 11) is 1.61. The Morgan fingerprint density at radius 3 is 2.17 bits per heavy atom. The summed E-state index contributed by atoms with van der Waals surface area (Å²) in [6, 6.07) is 22.2. The highest BCUT2D eigenvalue weighted by atomic mass is 16.5. The molecule has 5 heteroatoms. The summed E-state index contributed by atoms with van der Waals surface area (Å²) < 4.78 is 11.9. The highest BCUT2D eigenvalue weighted by Gasteiger charge is 2.21. The second-order valence-corrected chi connectivity index (χ2v) is 8.72. The SMILES string of the molecule is COc1cc(-c2c(C#N)c(N)nc(C)c2-c2ccccc2)ccc1OCc1c(C)cc(C)cc1C. The number of hydrogen-bond acceptors (Lipinski definition) is 5. The van der Waals surface area contributed by atoms with E-state index in [9.17, 15) is 5.26 Å². The smallest absolute Gasteiger partial charge is 0.161 e. The van der Waals surface area contributed by atoms with Crippen LogP contribution in [0.5, 0.6) is 11.5 Å². The van der Waals surface area contributed by atoms with E-state index < -0.39 is 0 Å². The van der Waals surface area contributed by atoms with Crippen molar-refractivity contribution in [3.63, 3.8) is 0 Å². The number of anilines is 1. The first-order valence-corrected chi connectivity index (χ1v) is 11.5. The summed E-state index contributed by atoms with van der Waals surface area (Å²) in [5.41, 5.74) is 15.5. The molecule has 176 valence electrons. The number of benzene rings is 3. The maximum Gasteiger partial charge on any atom is 0.161 e. The molecule has 0 fully saturated rings. The molecule has 0 spiro atoms. The Bertz CT molecular complexity index is 1410. The Hall–Kier alpha value is -4.30. The Morgan fingerprint density at radius 1 is 0.857 bits per heavy atom. The van der Waals surface area contributed by atoms with Gasteiger partial charge in [0.1, 0.15) is 24.1 Å². The van der Waals surface area contributed by atoms with Crippen molar-refractivity contribution in [3.8, 4) is 39.8 Å². The maximum atomic E-state index is 9.96. The number of nitrogens with zero attached hydrogens (tertiary/aromatic N) is 2. The van der Waals surface area contributed by atoms with Gasteiger partial charge in [-0.1, -0.05) is 54.1 Å². The van der Waals surface area contributed by atoms with Gasteiger partial charge in [0, 0.05) is 16.8 Å². The molecule has 0 unspecified atom stereocenters. The van der Waals surface area contributed by atoms with Gasteiger partial charge in [-0.15, -0.1) is 0 Å². The van der Waals surface area contributed by atoms with Gasteiger partial charge in [0.15, 0.2) is 11.5 Å². The molecule has 2 N–H and O–H groups in total. The molecule has 0 aliphatic heterocycles. The molecule has 1 heterocycles. The summed E-state index contributed by atoms with van der Waals surface area (Å²) in [5, 5.41) is 9.96. The number of pyridine rings is 1. The third-order valence-corrected chi connectivity index (χ3v) is 6.25. The third-order valence-electron chi connectivity index (χ3n) is 6.25. The summed E-state index contributed by atoms with van der Waals surface area (Å²) >= 11 is 0. The largest absolute Gasteiger partial charge is 0.493 e. The van der Waals surface area contributed by atoms with Crippen LogP contribution in [0.3, 0.4) is 0 Å². The van der Waals surface area contributed by atoms with Crippen LogP contribution >= 0.6 is 0 Å². The van der Waals surface area contributed by atoms with E-state index in [4.69, 9.17) is 15.2 Å². The Labute approximate surface area is 206 Å². The Kier molecular flexibility index (Phi) is 6.75. The highest BCUT2D eigenvalue weighted by Crippen LogP contribution is 2.41. The second-order valence-electron chi connectivity index (χ2n) is 8.72. The van der Waals surface area contributed by atoms with E-state index in [1.807, 2.05) is 55.5 Å². The van der Waals surface area contributed by atoms with Gasteiger partial charge in [0.05, 0.1) is 7.11 Å². The maximum absolute atomic E-state index is 9.96. The van der Waals surface area contributed by atoms with Crippen LogP contribution in [0.25, 0.3) is 22.3 Å². The number of rotatable bonds is 6. The van der Waals surface area contributed by atoms with Gasteiger partial charge in [-0.05, 0) is 67.6 Å². The van der Waals surface area contributed by atoms with Gasteiger partial charge in [-0.25, -0.2) is 4.98 Å². The normalized spacial score (nSPS) is 10.6. The summed E-state index contributed by atoms with van der Waals surface area (Å²) in [5.74, 6) is 1.43. The fourth-order valence-corrected chi connectivity index (χ4v) is 4.62. The van der Waals surface area contributed by atoms with Gasteiger partial charge < -0.3 is 15.2 Å². The number of nitrogen functional groups attached to an aromatic ring is 1. The van der Waals surface area contributed by atoms with Crippen molar-refractivity contribution in [2.24, 2.45) is 0 Å². The van der Waals surface area contributed by atoms with Crippen molar-refractivity contribution in [3.05, 3.63) is 94.2 Å². The Morgan fingerprint density at radius 2 is 1.54 bits per heavy atom. The molecule has 35 heavy (non-hydrogen) atoms. The monoisotopic (exact) mass is 463 g/mol. The van der Waals surface area contributed by atoms with E-state index >= 15 is 0 Å². The number of methoxy groups -OCH3 is 1. The van der Waals surface area contributed by atoms with E-state index in [2.05, 4.69) is 44.0 Å². The summed E-state index contributed by atoms with van der Waals surface area (Å²) in [6.07, 6.45) is 0. The zero-order chi connectivity index (χ0) is 25.1. The molecule has 4 aromatic rings. The average Bonchev–Trinajstić information content (AvgIpc) is 2.83. The van der Waals surface area contributed by atoms with Crippen LogP contribution in [0.15, 0.2) is 60.7 Å². The molecule has 0 saturated carbocycles. The van der Waals surface area contributed by atoms with Crippen molar-refractivity contribution in [1.29, 1.82) is 5.26 Å². The van der Waals surface area contributed by atoms with Gasteiger partial charge >= 0.3 is 0 Å². The first-order chi connectivity index (χ1) is 16.8. The number of ether oxygens (including phenoxy) is 2. The predicted octanol–water partition coefficient (Wildman–Crippen LogP) is 6.69. The molecular formula is C30H29N3O2. The van der Waals surface area contributed by atoms with Crippen LogP contribution in [0.4, 0.5) is 5.82 Å². The van der Waals surface area contributed by atoms with E-state index in [0.717, 1.165) is 33.5 Å². The highest BCUT2D eigenvalue weighted by molar-refractivity contribution is 5.91. The predicted molar refractivity (Wildman–Crippen MR) is 141 cm³/mol. The van der Waals surface area contributed by atoms with E-state index in [0.29, 0.717) is 23.7 Å². The van der Waals surface area contributed by atoms with Crippen LogP contribution in [-0.2, 0) is 6.61 Å². The van der Waals surface area contributed by atoms with E-state index in [1.165, 1.54) is 16.7 Å². The molecule has 0 amide bonds. The molecule has 0 aliphatic rings. The molecule has 4 rings (SSSR count). The summed E-state index contributed by atoms with van der Waals surface area (Å²) in [6.45, 7) is 8.64. The minimum atomic E-state index is 0.212. The van der Waals surface area contributed by atoms with Gasteiger partial charge in [-0.2, -0.15) is 5.26 Å². The van der Waals surface area contributed by atoms with E-state index in [1.54, 1.807) is 7.11 Å². The minimum absolute atomic E-state index is 0.212. The quantitative estimate of drug-likeness (QED) is 0.344. The lowest BCUT2D eigenvalue weighted by molar-refractivity contribution is 0.283. The van der Waals surface area contributed by atoms with Crippen molar-refractivity contribution in [2.45, 2.75) is 34.3 Å². The zero-order valence-electron chi connectivity index (χ0n) is 20.8. The number of nitriles is 1. The zero-order valence-corrected chi connectivity index (χ0v) is 20.8. The third kappa shape index (κ3) is 4.69. The van der Waals surface area contributed by atoms with Crippen LogP contribution in [0, 0.1) is 39.0 Å². The van der Waals surface area contributed by atoms with Gasteiger partial charge in [0.2, 0.25) is 0 Å². The molecule has 1 aromatic heterocycles. The number of hydrogen-bond donors (Lipinski definition) is 1. The molecule has 0 saturated heterocycles. The number of nitrogens with two attached hydrogens (primary N) is 1. The molecule has 0 bridgehead atoms. The van der Waals surface area contributed by atoms with E-state index in [-0.39, 0.29) is 5.82 Å². The molecule has 0 radical (unpaired) electrons. The average molecular weight is 464 g/mol. The number of aromatic nitrogens is 1. The standard InChI is InChI=1S/C30H29N3O2/c1-18-13-19(2)25(20(3)14-18)17-35-26-12-11-23(15-27(26)34-5)29-24(16-31)30(32)33-21(4)28(29)22-9-7-6-8-10-22/h6-15H,17H2,1-5H3,(H2,32,33).